The number of likely N-dealkylation sites (tertiary alicyclic amines) is 2. The molecule has 3 fully saturated rings. The molecular formula is C50H50N8O7. The Bertz CT molecular complexity index is 2720. The number of ether oxygens (including phenoxy) is 3. The Kier molecular flexibility index (Phi) is 11.4. The Hall–Kier alpha value is -7.26. The fraction of sp³-hybridized carbons (Fsp3) is 0.320. The molecule has 15 nitrogen and oxygen atoms in total. The van der Waals surface area contributed by atoms with Crippen molar-refractivity contribution in [1.29, 1.82) is 0 Å². The molecule has 6 atom stereocenters. The van der Waals surface area contributed by atoms with E-state index in [2.05, 4.69) is 57.0 Å². The summed E-state index contributed by atoms with van der Waals surface area (Å²) in [5.41, 5.74) is 9.64. The van der Waals surface area contributed by atoms with Crippen LogP contribution in [0.2, 0.25) is 0 Å². The topological polar surface area (TPSA) is 184 Å². The molecule has 332 valence electrons. The largest absolute Gasteiger partial charge is 0.453 e. The van der Waals surface area contributed by atoms with Crippen molar-refractivity contribution in [2.24, 2.45) is 0 Å². The number of aromatic nitrogens is 4. The van der Waals surface area contributed by atoms with Crippen molar-refractivity contribution in [3.63, 3.8) is 0 Å². The van der Waals surface area contributed by atoms with E-state index in [1.54, 1.807) is 4.90 Å². The van der Waals surface area contributed by atoms with Crippen molar-refractivity contribution in [3.05, 3.63) is 143 Å². The molecule has 2 bridgehead atoms. The van der Waals surface area contributed by atoms with Gasteiger partial charge in [0.2, 0.25) is 0 Å². The SMILES string of the molecule is COC(=O)N[C@H](C(=O)N1CCC[C@H]1c1ncc(-c2ccc(-c3ccc(-c4cnc([C@@H]5CCCN5C(=O)[C@@H](NC(=O)OC)c5ccccc5)[nH]4)c4c3C3CCC4O3)cc2)[nH]1)c1ccccc1. The van der Waals surface area contributed by atoms with Gasteiger partial charge >= 0.3 is 12.2 Å². The van der Waals surface area contributed by atoms with E-state index >= 15 is 0 Å². The van der Waals surface area contributed by atoms with Crippen molar-refractivity contribution in [2.75, 3.05) is 27.3 Å². The molecule has 2 aromatic heterocycles. The van der Waals surface area contributed by atoms with E-state index in [1.165, 1.54) is 25.3 Å². The number of nitrogens with one attached hydrogen (secondary N) is 4. The minimum atomic E-state index is -0.897. The maximum Gasteiger partial charge on any atom is 0.407 e. The van der Waals surface area contributed by atoms with Crippen molar-refractivity contribution in [1.82, 2.24) is 40.4 Å². The van der Waals surface area contributed by atoms with Crippen LogP contribution in [0.15, 0.2) is 109 Å². The van der Waals surface area contributed by atoms with Gasteiger partial charge in [-0.15, -0.1) is 0 Å². The molecule has 3 saturated heterocycles. The third-order valence-electron chi connectivity index (χ3n) is 13.3. The van der Waals surface area contributed by atoms with Gasteiger partial charge in [0.05, 0.1) is 62.3 Å². The molecule has 2 unspecified atom stereocenters. The quantitative estimate of drug-likeness (QED) is 0.0991. The van der Waals surface area contributed by atoms with Gasteiger partial charge in [-0.25, -0.2) is 19.6 Å². The van der Waals surface area contributed by atoms with Crippen LogP contribution in [0, 0.1) is 0 Å². The minimum absolute atomic E-state index is 0.0104. The van der Waals surface area contributed by atoms with Crippen LogP contribution in [0.4, 0.5) is 9.59 Å². The van der Waals surface area contributed by atoms with Gasteiger partial charge in [0.15, 0.2) is 0 Å². The molecule has 0 radical (unpaired) electrons. The lowest BCUT2D eigenvalue weighted by Crippen LogP contribution is -2.42. The normalized spacial score (nSPS) is 20.6. The molecule has 4 N–H and O–H groups in total. The molecule has 4 aliphatic heterocycles. The van der Waals surface area contributed by atoms with E-state index in [4.69, 9.17) is 24.2 Å². The van der Waals surface area contributed by atoms with E-state index < -0.39 is 24.3 Å². The zero-order valence-corrected chi connectivity index (χ0v) is 36.2. The van der Waals surface area contributed by atoms with Gasteiger partial charge in [-0.1, -0.05) is 97.1 Å². The van der Waals surface area contributed by atoms with Crippen LogP contribution in [0.5, 0.6) is 0 Å². The lowest BCUT2D eigenvalue weighted by atomic mass is 9.82. The fourth-order valence-electron chi connectivity index (χ4n) is 10.2. The average molecular weight is 875 g/mol. The molecule has 0 spiro atoms. The first-order valence-electron chi connectivity index (χ1n) is 22.2. The lowest BCUT2D eigenvalue weighted by Gasteiger charge is -2.28. The van der Waals surface area contributed by atoms with Crippen LogP contribution in [-0.4, -0.2) is 81.0 Å². The predicted octanol–water partition coefficient (Wildman–Crippen LogP) is 8.56. The Morgan fingerprint density at radius 2 is 1.06 bits per heavy atom. The molecule has 10 rings (SSSR count). The molecule has 65 heavy (non-hydrogen) atoms. The van der Waals surface area contributed by atoms with Gasteiger partial charge in [-0.3, -0.25) is 9.59 Å². The van der Waals surface area contributed by atoms with Gasteiger partial charge < -0.3 is 44.6 Å². The second kappa shape index (κ2) is 17.7. The molecular weight excluding hydrogens is 825 g/mol. The number of carbonyl (C=O) groups is 4. The number of nitrogens with zero attached hydrogens (tertiary/aromatic N) is 4. The molecule has 0 saturated carbocycles. The number of amides is 4. The summed E-state index contributed by atoms with van der Waals surface area (Å²) in [6.45, 7) is 1.09. The number of aromatic amines is 2. The number of alkyl carbamates (subject to hydrolysis) is 2. The van der Waals surface area contributed by atoms with Crippen molar-refractivity contribution >= 4 is 24.0 Å². The second-order valence-corrected chi connectivity index (χ2v) is 17.0. The summed E-state index contributed by atoms with van der Waals surface area (Å²) in [5, 5.41) is 5.47. The standard InChI is InChI=1S/C50H50N8O7/c1-63-49(61)55-43(31-11-5-3-6-12-31)47(59)57-25-9-15-37(57)45-51-27-35(53-45)30-19-17-29(18-20-30)33-21-22-34(42-40-24-23-39(65-40)41(33)42)36-28-52-46(54-36)38-16-10-26-58(38)48(60)44(56-50(62)64-2)32-13-7-4-8-14-32/h3-8,11-14,17-22,27-28,37-40,43-44H,9-10,15-16,23-26H2,1-2H3,(H,51,53)(H,52,54)(H,55,61)(H,56,62)/t37-,38-,39?,40?,43-,44-/m0/s1. The highest BCUT2D eigenvalue weighted by molar-refractivity contribution is 5.88. The monoisotopic (exact) mass is 874 g/mol. The zero-order valence-electron chi connectivity index (χ0n) is 36.2. The first-order chi connectivity index (χ1) is 31.8. The van der Waals surface area contributed by atoms with Crippen molar-refractivity contribution in [2.45, 2.75) is 74.9 Å². The van der Waals surface area contributed by atoms with Crippen LogP contribution in [0.1, 0.15) is 109 Å². The van der Waals surface area contributed by atoms with Gasteiger partial charge in [0, 0.05) is 18.7 Å². The summed E-state index contributed by atoms with van der Waals surface area (Å²) in [5.74, 6) is 0.969. The first kappa shape index (κ1) is 41.7. The number of methoxy groups -OCH3 is 2. The van der Waals surface area contributed by atoms with E-state index in [0.717, 1.165) is 72.2 Å². The summed E-state index contributed by atoms with van der Waals surface area (Å²) in [4.78, 5) is 73.1. The van der Waals surface area contributed by atoms with Crippen molar-refractivity contribution in [3.8, 4) is 33.6 Å². The number of hydrogen-bond acceptors (Lipinski definition) is 9. The summed E-state index contributed by atoms with van der Waals surface area (Å²) < 4.78 is 16.3. The van der Waals surface area contributed by atoms with Gasteiger partial charge in [0.1, 0.15) is 23.7 Å². The Morgan fingerprint density at radius 3 is 1.58 bits per heavy atom. The van der Waals surface area contributed by atoms with Crippen LogP contribution in [0.3, 0.4) is 0 Å². The molecule has 6 heterocycles. The van der Waals surface area contributed by atoms with E-state index in [0.29, 0.717) is 35.9 Å². The number of rotatable bonds is 11. The summed E-state index contributed by atoms with van der Waals surface area (Å²) in [6.07, 6.45) is 7.27. The molecule has 0 aliphatic carbocycles. The summed E-state index contributed by atoms with van der Waals surface area (Å²) >= 11 is 0. The Morgan fingerprint density at radius 1 is 0.600 bits per heavy atom. The Balaban J connectivity index is 0.877. The highest BCUT2D eigenvalue weighted by Crippen LogP contribution is 2.56. The minimum Gasteiger partial charge on any atom is -0.453 e. The van der Waals surface area contributed by atoms with Gasteiger partial charge in [0.25, 0.3) is 11.8 Å². The van der Waals surface area contributed by atoms with E-state index in [1.807, 2.05) is 78.0 Å². The maximum atomic E-state index is 14.1. The molecule has 4 amide bonds. The van der Waals surface area contributed by atoms with Crippen LogP contribution in [-0.2, 0) is 23.8 Å². The third kappa shape index (κ3) is 7.90. The molecule has 4 aromatic carbocycles. The second-order valence-electron chi connectivity index (χ2n) is 17.0. The number of carbonyl (C=O) groups excluding carboxylic acids is 4. The zero-order chi connectivity index (χ0) is 44.6. The van der Waals surface area contributed by atoms with Crippen LogP contribution in [0.25, 0.3) is 33.6 Å². The fourth-order valence-corrected chi connectivity index (χ4v) is 10.2. The third-order valence-corrected chi connectivity index (χ3v) is 13.3. The number of imidazole rings is 2. The molecule has 6 aromatic rings. The van der Waals surface area contributed by atoms with Crippen molar-refractivity contribution < 1.29 is 33.4 Å². The van der Waals surface area contributed by atoms with E-state index in [-0.39, 0.29) is 36.1 Å². The highest BCUT2D eigenvalue weighted by Gasteiger charge is 2.43. The average Bonchev–Trinajstić information content (AvgIpc) is 4.22. The number of H-pyrrole nitrogens is 2. The summed E-state index contributed by atoms with van der Waals surface area (Å²) in [6, 6.07) is 28.8. The smallest absolute Gasteiger partial charge is 0.407 e. The number of benzene rings is 4. The maximum absolute atomic E-state index is 14.1. The number of fused-ring (bicyclic) bond motifs is 5. The Labute approximate surface area is 375 Å². The van der Waals surface area contributed by atoms with Gasteiger partial charge in [-0.2, -0.15) is 0 Å². The predicted molar refractivity (Wildman–Crippen MR) is 240 cm³/mol. The summed E-state index contributed by atoms with van der Waals surface area (Å²) in [7, 11) is 2.57. The molecule has 4 aliphatic rings. The first-order valence-corrected chi connectivity index (χ1v) is 22.2. The van der Waals surface area contributed by atoms with Crippen LogP contribution >= 0.6 is 0 Å². The number of hydrogen-bond donors (Lipinski definition) is 4. The molecule has 15 heteroatoms. The lowest BCUT2D eigenvalue weighted by molar-refractivity contribution is -0.135. The van der Waals surface area contributed by atoms with E-state index in [9.17, 15) is 19.2 Å². The van der Waals surface area contributed by atoms with Crippen LogP contribution < -0.4 is 10.6 Å². The highest BCUT2D eigenvalue weighted by atomic mass is 16.5. The van der Waals surface area contributed by atoms with Gasteiger partial charge in [-0.05, 0) is 77.5 Å².